The van der Waals surface area contributed by atoms with Crippen molar-refractivity contribution < 1.29 is 0 Å². The molecule has 0 unspecified atom stereocenters. The molecule has 130 valence electrons. The summed E-state index contributed by atoms with van der Waals surface area (Å²) in [6.07, 6.45) is 6.82. The summed E-state index contributed by atoms with van der Waals surface area (Å²) in [7, 11) is 0. The Hall–Kier alpha value is -2.25. The Bertz CT molecular complexity index is 1070. The van der Waals surface area contributed by atoms with Crippen molar-refractivity contribution in [3.8, 4) is 5.69 Å². The van der Waals surface area contributed by atoms with Gasteiger partial charge in [-0.15, -0.1) is 0 Å². The zero-order chi connectivity index (χ0) is 17.5. The summed E-state index contributed by atoms with van der Waals surface area (Å²) in [5.41, 5.74) is 5.10. The SMILES string of the molecule is Clc1ccc2c3ccccc3n(-c3ccc(C4CCCCC4)cc3)c2c1. The fourth-order valence-corrected chi connectivity index (χ4v) is 4.72. The van der Waals surface area contributed by atoms with Crippen molar-refractivity contribution in [1.82, 2.24) is 4.57 Å². The van der Waals surface area contributed by atoms with Gasteiger partial charge in [0.1, 0.15) is 0 Å². The predicted octanol–water partition coefficient (Wildman–Crippen LogP) is 7.48. The van der Waals surface area contributed by atoms with Gasteiger partial charge < -0.3 is 4.57 Å². The molecule has 0 saturated heterocycles. The molecule has 0 amide bonds. The van der Waals surface area contributed by atoms with Crippen LogP contribution >= 0.6 is 11.6 Å². The molecular weight excluding hydrogens is 338 g/mol. The van der Waals surface area contributed by atoms with Crippen LogP contribution in [0.1, 0.15) is 43.6 Å². The van der Waals surface area contributed by atoms with Gasteiger partial charge in [-0.3, -0.25) is 0 Å². The second-order valence-corrected chi connectivity index (χ2v) is 7.88. The van der Waals surface area contributed by atoms with Crippen molar-refractivity contribution in [2.45, 2.75) is 38.0 Å². The molecule has 0 bridgehead atoms. The first-order valence-corrected chi connectivity index (χ1v) is 9.98. The van der Waals surface area contributed by atoms with Crippen LogP contribution in [0.15, 0.2) is 66.7 Å². The third-order valence-corrected chi connectivity index (χ3v) is 6.10. The molecule has 0 atom stereocenters. The molecule has 1 saturated carbocycles. The molecule has 3 aromatic carbocycles. The van der Waals surface area contributed by atoms with Gasteiger partial charge in [-0.1, -0.05) is 67.3 Å². The average molecular weight is 360 g/mol. The van der Waals surface area contributed by atoms with Gasteiger partial charge in [-0.2, -0.15) is 0 Å². The maximum Gasteiger partial charge on any atom is 0.0555 e. The maximum atomic E-state index is 6.32. The normalized spacial score (nSPS) is 15.7. The third-order valence-electron chi connectivity index (χ3n) is 5.86. The van der Waals surface area contributed by atoms with Crippen LogP contribution in [0, 0.1) is 0 Å². The smallest absolute Gasteiger partial charge is 0.0555 e. The lowest BCUT2D eigenvalue weighted by molar-refractivity contribution is 0.443. The van der Waals surface area contributed by atoms with Crippen molar-refractivity contribution >= 4 is 33.4 Å². The minimum atomic E-state index is 0.741. The van der Waals surface area contributed by atoms with Crippen LogP contribution in [-0.2, 0) is 0 Å². The number of benzene rings is 3. The molecule has 5 rings (SSSR count). The first kappa shape index (κ1) is 16.0. The Morgan fingerprint density at radius 3 is 2.27 bits per heavy atom. The standard InChI is InChI=1S/C24H22ClN/c25-19-12-15-22-21-8-4-5-9-23(21)26(24(22)16-19)20-13-10-18(11-14-20)17-6-2-1-3-7-17/h4-5,8-17H,1-3,6-7H2. The average Bonchev–Trinajstić information content (AvgIpc) is 3.02. The van der Waals surface area contributed by atoms with Gasteiger partial charge in [0.15, 0.2) is 0 Å². The Labute approximate surface area is 159 Å². The van der Waals surface area contributed by atoms with Gasteiger partial charge in [0.05, 0.1) is 11.0 Å². The Balaban J connectivity index is 1.66. The molecule has 1 fully saturated rings. The van der Waals surface area contributed by atoms with Crippen molar-refractivity contribution in [2.75, 3.05) is 0 Å². The van der Waals surface area contributed by atoms with E-state index in [9.17, 15) is 0 Å². The molecule has 2 heteroatoms. The lowest BCUT2D eigenvalue weighted by Gasteiger charge is -2.22. The second-order valence-electron chi connectivity index (χ2n) is 7.44. The minimum absolute atomic E-state index is 0.741. The number of nitrogens with zero attached hydrogens (tertiary/aromatic N) is 1. The first-order chi connectivity index (χ1) is 12.8. The van der Waals surface area contributed by atoms with Crippen molar-refractivity contribution in [1.29, 1.82) is 0 Å². The summed E-state index contributed by atoms with van der Waals surface area (Å²) < 4.78 is 2.33. The quantitative estimate of drug-likeness (QED) is 0.349. The van der Waals surface area contributed by atoms with Crippen LogP contribution in [-0.4, -0.2) is 4.57 Å². The van der Waals surface area contributed by atoms with Crippen LogP contribution < -0.4 is 0 Å². The zero-order valence-corrected chi connectivity index (χ0v) is 15.5. The Morgan fingerprint density at radius 2 is 1.46 bits per heavy atom. The number of fused-ring (bicyclic) bond motifs is 3. The highest BCUT2D eigenvalue weighted by atomic mass is 35.5. The van der Waals surface area contributed by atoms with E-state index in [1.165, 1.54) is 65.2 Å². The zero-order valence-electron chi connectivity index (χ0n) is 14.8. The van der Waals surface area contributed by atoms with Crippen LogP contribution in [0.5, 0.6) is 0 Å². The summed E-state index contributed by atoms with van der Waals surface area (Å²) >= 11 is 6.32. The van der Waals surface area contributed by atoms with E-state index >= 15 is 0 Å². The van der Waals surface area contributed by atoms with Gasteiger partial charge in [-0.05, 0) is 54.7 Å². The summed E-state index contributed by atoms with van der Waals surface area (Å²) in [4.78, 5) is 0. The second kappa shape index (κ2) is 6.48. The van der Waals surface area contributed by atoms with Gasteiger partial charge in [-0.25, -0.2) is 0 Å². The summed E-state index contributed by atoms with van der Waals surface area (Å²) in [6, 6.07) is 24.0. The van der Waals surface area contributed by atoms with Gasteiger partial charge in [0, 0.05) is 21.5 Å². The van der Waals surface area contributed by atoms with E-state index in [1.807, 2.05) is 6.07 Å². The molecule has 1 nitrogen and oxygen atoms in total. The van der Waals surface area contributed by atoms with Crippen molar-refractivity contribution in [3.63, 3.8) is 0 Å². The Morgan fingerprint density at radius 1 is 0.731 bits per heavy atom. The van der Waals surface area contributed by atoms with E-state index in [-0.39, 0.29) is 0 Å². The molecule has 0 aliphatic heterocycles. The molecule has 4 aromatic rings. The predicted molar refractivity (Wildman–Crippen MR) is 112 cm³/mol. The van der Waals surface area contributed by atoms with E-state index in [2.05, 4.69) is 65.2 Å². The van der Waals surface area contributed by atoms with Crippen LogP contribution in [0.4, 0.5) is 0 Å². The number of para-hydroxylation sites is 1. The molecule has 26 heavy (non-hydrogen) atoms. The highest BCUT2D eigenvalue weighted by Crippen LogP contribution is 2.35. The van der Waals surface area contributed by atoms with Crippen LogP contribution in [0.3, 0.4) is 0 Å². The van der Waals surface area contributed by atoms with Gasteiger partial charge in [0.25, 0.3) is 0 Å². The highest BCUT2D eigenvalue weighted by Gasteiger charge is 2.16. The largest absolute Gasteiger partial charge is 0.309 e. The Kier molecular flexibility index (Phi) is 3.98. The van der Waals surface area contributed by atoms with Gasteiger partial charge in [0.2, 0.25) is 0 Å². The molecular formula is C24H22ClN. The topological polar surface area (TPSA) is 4.93 Å². The molecule has 0 N–H and O–H groups in total. The monoisotopic (exact) mass is 359 g/mol. The molecule has 1 aliphatic carbocycles. The van der Waals surface area contributed by atoms with Crippen molar-refractivity contribution in [3.05, 3.63) is 77.3 Å². The third kappa shape index (κ3) is 2.62. The molecule has 1 aliphatic rings. The number of aromatic nitrogens is 1. The van der Waals surface area contributed by atoms with E-state index in [1.54, 1.807) is 0 Å². The molecule has 1 heterocycles. The lowest BCUT2D eigenvalue weighted by Crippen LogP contribution is -2.04. The highest BCUT2D eigenvalue weighted by molar-refractivity contribution is 6.31. The summed E-state index contributed by atoms with van der Waals surface area (Å²) in [5, 5.41) is 3.30. The van der Waals surface area contributed by atoms with Crippen molar-refractivity contribution in [2.24, 2.45) is 0 Å². The number of rotatable bonds is 2. The summed E-state index contributed by atoms with van der Waals surface area (Å²) in [5.74, 6) is 0.741. The molecule has 0 spiro atoms. The number of halogens is 1. The maximum absolute atomic E-state index is 6.32. The van der Waals surface area contributed by atoms with Crippen LogP contribution in [0.25, 0.3) is 27.5 Å². The van der Waals surface area contributed by atoms with E-state index in [0.717, 1.165) is 10.9 Å². The lowest BCUT2D eigenvalue weighted by atomic mass is 9.84. The molecule has 1 aromatic heterocycles. The fourth-order valence-electron chi connectivity index (χ4n) is 4.55. The van der Waals surface area contributed by atoms with Crippen LogP contribution in [0.2, 0.25) is 5.02 Å². The van der Waals surface area contributed by atoms with E-state index in [4.69, 9.17) is 11.6 Å². The minimum Gasteiger partial charge on any atom is -0.309 e. The first-order valence-electron chi connectivity index (χ1n) is 9.60. The fraction of sp³-hybridized carbons (Fsp3) is 0.250. The number of hydrogen-bond acceptors (Lipinski definition) is 0. The van der Waals surface area contributed by atoms with E-state index in [0.29, 0.717) is 0 Å². The number of hydrogen-bond donors (Lipinski definition) is 0. The van der Waals surface area contributed by atoms with Gasteiger partial charge >= 0.3 is 0 Å². The van der Waals surface area contributed by atoms with E-state index < -0.39 is 0 Å². The molecule has 0 radical (unpaired) electrons. The summed E-state index contributed by atoms with van der Waals surface area (Å²) in [6.45, 7) is 0.